The smallest absolute Gasteiger partial charge is 0.259 e. The van der Waals surface area contributed by atoms with Gasteiger partial charge in [0.05, 0.1) is 19.3 Å². The Morgan fingerprint density at radius 3 is 2.74 bits per heavy atom. The van der Waals surface area contributed by atoms with Gasteiger partial charge in [0.1, 0.15) is 5.56 Å². The number of hydrogen-bond donors (Lipinski definition) is 1. The van der Waals surface area contributed by atoms with Crippen molar-refractivity contribution in [3.05, 3.63) is 34.2 Å². The minimum Gasteiger partial charge on any atom is -0.383 e. The molecule has 0 saturated carbocycles. The Morgan fingerprint density at radius 1 is 1.42 bits per heavy atom. The second-order valence-corrected chi connectivity index (χ2v) is 4.22. The largest absolute Gasteiger partial charge is 0.383 e. The zero-order chi connectivity index (χ0) is 14.3. The number of carbonyl (C=O) groups excluding carboxylic acids is 1. The van der Waals surface area contributed by atoms with Crippen molar-refractivity contribution >= 4 is 5.91 Å². The van der Waals surface area contributed by atoms with Crippen LogP contribution in [0.1, 0.15) is 17.3 Å². The highest BCUT2D eigenvalue weighted by molar-refractivity contribution is 5.94. The van der Waals surface area contributed by atoms with Crippen LogP contribution in [0.15, 0.2) is 23.3 Å². The summed E-state index contributed by atoms with van der Waals surface area (Å²) in [6, 6.07) is 1.20. The van der Waals surface area contributed by atoms with Gasteiger partial charge < -0.3 is 19.4 Å². The van der Waals surface area contributed by atoms with Crippen LogP contribution in [0, 0.1) is 0 Å². The number of aromatic nitrogens is 1. The van der Waals surface area contributed by atoms with Crippen LogP contribution in [-0.4, -0.2) is 55.8 Å². The molecule has 106 valence electrons. The lowest BCUT2D eigenvalue weighted by Crippen LogP contribution is -2.44. The second-order valence-electron chi connectivity index (χ2n) is 4.22. The number of nitrogens with one attached hydrogen (secondary N) is 1. The van der Waals surface area contributed by atoms with Gasteiger partial charge in [-0.3, -0.25) is 9.59 Å². The standard InChI is InChI=1S/C13H20N2O4/c1-10(9-19-3)15(6-7-18-2)13(17)11-8-14-5-4-12(11)16/h4-5,8,10H,6-7,9H2,1-3H3,(H,14,16). The quantitative estimate of drug-likeness (QED) is 0.781. The van der Waals surface area contributed by atoms with E-state index in [4.69, 9.17) is 9.47 Å². The first-order valence-electron chi connectivity index (χ1n) is 6.07. The molecule has 0 aromatic carbocycles. The number of H-pyrrole nitrogens is 1. The van der Waals surface area contributed by atoms with E-state index in [1.165, 1.54) is 18.5 Å². The molecule has 0 aliphatic rings. The fourth-order valence-electron chi connectivity index (χ4n) is 1.78. The molecule has 0 aliphatic carbocycles. The number of aromatic amines is 1. The van der Waals surface area contributed by atoms with Crippen LogP contribution in [0.4, 0.5) is 0 Å². The number of ether oxygens (including phenoxy) is 2. The number of pyridine rings is 1. The summed E-state index contributed by atoms with van der Waals surface area (Å²) in [5.74, 6) is -0.316. The van der Waals surface area contributed by atoms with Crippen LogP contribution >= 0.6 is 0 Å². The third-order valence-corrected chi connectivity index (χ3v) is 2.79. The lowest BCUT2D eigenvalue weighted by molar-refractivity contribution is 0.0478. The van der Waals surface area contributed by atoms with E-state index >= 15 is 0 Å². The molecule has 19 heavy (non-hydrogen) atoms. The third kappa shape index (κ3) is 4.18. The Labute approximate surface area is 112 Å². The molecule has 0 fully saturated rings. The first kappa shape index (κ1) is 15.4. The summed E-state index contributed by atoms with van der Waals surface area (Å²) >= 11 is 0. The van der Waals surface area contributed by atoms with Gasteiger partial charge in [-0.15, -0.1) is 0 Å². The SMILES string of the molecule is COCCN(C(=O)c1c[nH]ccc1=O)C(C)COC. The topological polar surface area (TPSA) is 71.6 Å². The van der Waals surface area contributed by atoms with E-state index < -0.39 is 0 Å². The summed E-state index contributed by atoms with van der Waals surface area (Å²) < 4.78 is 10.1. The van der Waals surface area contributed by atoms with Crippen molar-refractivity contribution in [2.75, 3.05) is 34.0 Å². The van der Waals surface area contributed by atoms with Gasteiger partial charge >= 0.3 is 0 Å². The third-order valence-electron chi connectivity index (χ3n) is 2.79. The van der Waals surface area contributed by atoms with Gasteiger partial charge in [0.15, 0.2) is 5.43 Å². The van der Waals surface area contributed by atoms with Crippen molar-refractivity contribution in [2.24, 2.45) is 0 Å². The molecule has 6 nitrogen and oxygen atoms in total. The summed E-state index contributed by atoms with van der Waals surface area (Å²) in [5.41, 5.74) is -0.169. The zero-order valence-corrected chi connectivity index (χ0v) is 11.5. The molecule has 0 aliphatic heterocycles. The maximum atomic E-state index is 12.4. The molecule has 6 heteroatoms. The summed E-state index contributed by atoms with van der Waals surface area (Å²) in [5, 5.41) is 0. The van der Waals surface area contributed by atoms with Crippen LogP contribution in [0.25, 0.3) is 0 Å². The molecule has 1 amide bonds. The number of rotatable bonds is 7. The normalized spacial score (nSPS) is 12.2. The Bertz CT molecular complexity index is 458. The zero-order valence-electron chi connectivity index (χ0n) is 11.5. The Morgan fingerprint density at radius 2 is 2.16 bits per heavy atom. The average Bonchev–Trinajstić information content (AvgIpc) is 2.39. The summed E-state index contributed by atoms with van der Waals surface area (Å²) in [4.78, 5) is 28.4. The Balaban J connectivity index is 2.93. The number of amides is 1. The molecule has 0 saturated heterocycles. The first-order valence-corrected chi connectivity index (χ1v) is 6.07. The second kappa shape index (κ2) is 7.70. The summed E-state index contributed by atoms with van der Waals surface area (Å²) in [6.07, 6.45) is 2.92. The van der Waals surface area contributed by atoms with Crippen LogP contribution in [0.3, 0.4) is 0 Å². The van der Waals surface area contributed by atoms with E-state index in [2.05, 4.69) is 4.98 Å². The predicted octanol–water partition coefficient (Wildman–Crippen LogP) is 0.498. The van der Waals surface area contributed by atoms with Crippen LogP contribution < -0.4 is 5.43 Å². The molecule has 0 radical (unpaired) electrons. The minimum atomic E-state index is -0.316. The van der Waals surface area contributed by atoms with E-state index in [9.17, 15) is 9.59 Å². The highest BCUT2D eigenvalue weighted by Gasteiger charge is 2.22. The van der Waals surface area contributed by atoms with Gasteiger partial charge in [-0.05, 0) is 6.92 Å². The highest BCUT2D eigenvalue weighted by atomic mass is 16.5. The van der Waals surface area contributed by atoms with Gasteiger partial charge in [-0.2, -0.15) is 0 Å². The Kier molecular flexibility index (Phi) is 6.24. The molecule has 1 N–H and O–H groups in total. The molecule has 1 aromatic heterocycles. The van der Waals surface area contributed by atoms with E-state index in [-0.39, 0.29) is 22.9 Å². The van der Waals surface area contributed by atoms with Crippen molar-refractivity contribution < 1.29 is 14.3 Å². The lowest BCUT2D eigenvalue weighted by atomic mass is 10.2. The summed E-state index contributed by atoms with van der Waals surface area (Å²) in [6.45, 7) is 3.09. The molecule has 1 rings (SSSR count). The van der Waals surface area contributed by atoms with Crippen molar-refractivity contribution in [1.82, 2.24) is 9.88 Å². The minimum absolute atomic E-state index is 0.126. The monoisotopic (exact) mass is 268 g/mol. The van der Waals surface area contributed by atoms with E-state index in [0.717, 1.165) is 0 Å². The molecule has 0 spiro atoms. The molecular formula is C13H20N2O4. The van der Waals surface area contributed by atoms with Crippen molar-refractivity contribution in [3.8, 4) is 0 Å². The first-order chi connectivity index (χ1) is 9.11. The highest BCUT2D eigenvalue weighted by Crippen LogP contribution is 2.05. The predicted molar refractivity (Wildman–Crippen MR) is 71.3 cm³/mol. The lowest BCUT2D eigenvalue weighted by Gasteiger charge is -2.28. The number of methoxy groups -OCH3 is 2. The number of carbonyl (C=O) groups is 1. The van der Waals surface area contributed by atoms with E-state index in [1.807, 2.05) is 6.92 Å². The molecule has 0 bridgehead atoms. The van der Waals surface area contributed by atoms with Gasteiger partial charge in [0.2, 0.25) is 0 Å². The van der Waals surface area contributed by atoms with Crippen LogP contribution in [0.5, 0.6) is 0 Å². The van der Waals surface area contributed by atoms with Gasteiger partial charge in [-0.25, -0.2) is 0 Å². The Hall–Kier alpha value is -1.66. The van der Waals surface area contributed by atoms with Gasteiger partial charge in [-0.1, -0.05) is 0 Å². The van der Waals surface area contributed by atoms with Crippen molar-refractivity contribution in [3.63, 3.8) is 0 Å². The maximum absolute atomic E-state index is 12.4. The molecule has 1 unspecified atom stereocenters. The van der Waals surface area contributed by atoms with Crippen molar-refractivity contribution in [2.45, 2.75) is 13.0 Å². The maximum Gasteiger partial charge on any atom is 0.259 e. The molecular weight excluding hydrogens is 248 g/mol. The van der Waals surface area contributed by atoms with Crippen LogP contribution in [-0.2, 0) is 9.47 Å². The summed E-state index contributed by atoms with van der Waals surface area (Å²) in [7, 11) is 3.14. The van der Waals surface area contributed by atoms with E-state index in [0.29, 0.717) is 19.8 Å². The van der Waals surface area contributed by atoms with E-state index in [1.54, 1.807) is 19.1 Å². The molecule has 1 heterocycles. The number of nitrogens with zero attached hydrogens (tertiary/aromatic N) is 1. The van der Waals surface area contributed by atoms with Crippen molar-refractivity contribution in [1.29, 1.82) is 0 Å². The average molecular weight is 268 g/mol. The number of hydrogen-bond acceptors (Lipinski definition) is 4. The van der Waals surface area contributed by atoms with Gasteiger partial charge in [0.25, 0.3) is 5.91 Å². The fraction of sp³-hybridized carbons (Fsp3) is 0.538. The molecule has 1 atom stereocenters. The van der Waals surface area contributed by atoms with Gasteiger partial charge in [0, 0.05) is 39.2 Å². The fourth-order valence-corrected chi connectivity index (χ4v) is 1.78. The van der Waals surface area contributed by atoms with Crippen LogP contribution in [0.2, 0.25) is 0 Å². The molecule has 1 aromatic rings.